The second-order valence-corrected chi connectivity index (χ2v) is 8.11. The number of carboxylic acid groups (broad SMARTS) is 1. The number of halogens is 2. The van der Waals surface area contributed by atoms with Crippen molar-refractivity contribution in [3.05, 3.63) is 17.5 Å². The monoisotopic (exact) mass is 316 g/mol. The first kappa shape index (κ1) is 14.9. The van der Waals surface area contributed by atoms with Crippen LogP contribution in [0.2, 0.25) is 0 Å². The van der Waals surface area contributed by atoms with Gasteiger partial charge in [-0.15, -0.1) is 11.3 Å². The maximum Gasteiger partial charge on any atom is 0.305 e. The number of hydrogen-bond donors (Lipinski definition) is 2. The fraction of sp³-hybridized carbons (Fsp3) is 0.444. The van der Waals surface area contributed by atoms with Crippen LogP contribution in [0.1, 0.15) is 12.8 Å². The summed E-state index contributed by atoms with van der Waals surface area (Å²) >= 11 is 13.0. The molecule has 0 aliphatic heterocycles. The van der Waals surface area contributed by atoms with Crippen LogP contribution in [0.4, 0.5) is 0 Å². The topological polar surface area (TPSA) is 74.6 Å². The standard InChI is InChI=1S/C9H10Cl2O4S2/c10-9(11,5-6(12)4-7(13)14)17(15)8-2-1-3-16-8/h1-3,6,12H,4-5H2,(H,13,14). The van der Waals surface area contributed by atoms with Crippen molar-refractivity contribution < 1.29 is 19.2 Å². The number of carboxylic acids is 1. The maximum atomic E-state index is 11.9. The van der Waals surface area contributed by atoms with Crippen LogP contribution in [0.25, 0.3) is 0 Å². The molecule has 0 fully saturated rings. The van der Waals surface area contributed by atoms with Gasteiger partial charge in [-0.25, -0.2) is 0 Å². The Morgan fingerprint density at radius 3 is 2.71 bits per heavy atom. The summed E-state index contributed by atoms with van der Waals surface area (Å²) in [5.74, 6) is -1.16. The number of aliphatic hydroxyl groups is 1. The Kier molecular flexibility index (Phi) is 5.40. The first-order valence-electron chi connectivity index (χ1n) is 4.56. The summed E-state index contributed by atoms with van der Waals surface area (Å²) in [4.78, 5) is 10.4. The van der Waals surface area contributed by atoms with E-state index in [2.05, 4.69) is 0 Å². The van der Waals surface area contributed by atoms with E-state index < -0.39 is 33.0 Å². The number of rotatable bonds is 6. The minimum atomic E-state index is -1.70. The van der Waals surface area contributed by atoms with Crippen molar-refractivity contribution in [2.45, 2.75) is 26.8 Å². The van der Waals surface area contributed by atoms with E-state index in [1.54, 1.807) is 17.5 Å². The number of alkyl halides is 2. The van der Waals surface area contributed by atoms with E-state index in [0.717, 1.165) is 0 Å². The Morgan fingerprint density at radius 1 is 1.59 bits per heavy atom. The summed E-state index contributed by atoms with van der Waals surface area (Å²) in [6.07, 6.45) is -1.98. The average Bonchev–Trinajstić information content (AvgIpc) is 2.66. The fourth-order valence-electron chi connectivity index (χ4n) is 1.14. The predicted molar refractivity (Wildman–Crippen MR) is 68.0 cm³/mol. The lowest BCUT2D eigenvalue weighted by Crippen LogP contribution is -2.28. The predicted octanol–water partition coefficient (Wildman–Crippen LogP) is 2.21. The normalized spacial score (nSPS) is 15.5. The third-order valence-corrected chi connectivity index (χ3v) is 5.60. The smallest absolute Gasteiger partial charge is 0.305 e. The van der Waals surface area contributed by atoms with E-state index in [1.807, 2.05) is 0 Å². The number of thiophene rings is 1. The molecule has 1 heterocycles. The van der Waals surface area contributed by atoms with Crippen LogP contribution >= 0.6 is 34.5 Å². The molecule has 0 bridgehead atoms. The molecule has 0 saturated carbocycles. The van der Waals surface area contributed by atoms with Crippen molar-refractivity contribution >= 4 is 51.3 Å². The molecule has 2 atom stereocenters. The molecule has 1 aromatic rings. The third kappa shape index (κ3) is 4.56. The minimum absolute atomic E-state index is 0.271. The van der Waals surface area contributed by atoms with Gasteiger partial charge in [0.05, 0.1) is 27.5 Å². The Bertz CT molecular complexity index is 405. The highest BCUT2D eigenvalue weighted by Crippen LogP contribution is 2.36. The number of carbonyl (C=O) groups is 1. The average molecular weight is 317 g/mol. The molecule has 1 aromatic heterocycles. The highest BCUT2D eigenvalue weighted by Gasteiger charge is 2.36. The van der Waals surface area contributed by atoms with Crippen molar-refractivity contribution in [2.24, 2.45) is 0 Å². The molecular weight excluding hydrogens is 307 g/mol. The fourth-order valence-corrected chi connectivity index (χ4v) is 4.50. The van der Waals surface area contributed by atoms with Gasteiger partial charge in [0.25, 0.3) is 0 Å². The first-order chi connectivity index (χ1) is 7.83. The summed E-state index contributed by atoms with van der Waals surface area (Å²) in [6, 6.07) is 3.32. The van der Waals surface area contributed by atoms with E-state index in [1.165, 1.54) is 11.3 Å². The van der Waals surface area contributed by atoms with E-state index >= 15 is 0 Å². The zero-order valence-electron chi connectivity index (χ0n) is 8.51. The SMILES string of the molecule is O=C(O)CC(O)CC(Cl)(Cl)S(=O)c1cccs1. The van der Waals surface area contributed by atoms with Crippen molar-refractivity contribution in [3.63, 3.8) is 0 Å². The summed E-state index contributed by atoms with van der Waals surface area (Å²) in [5, 5.41) is 19.6. The van der Waals surface area contributed by atoms with Crippen LogP contribution in [0, 0.1) is 0 Å². The second-order valence-electron chi connectivity index (χ2n) is 3.29. The zero-order valence-corrected chi connectivity index (χ0v) is 11.7. The number of hydrogen-bond acceptors (Lipinski definition) is 4. The van der Waals surface area contributed by atoms with Crippen LogP contribution in [0.5, 0.6) is 0 Å². The Balaban J connectivity index is 2.68. The summed E-state index contributed by atoms with van der Waals surface area (Å²) in [6.45, 7) is 0. The molecule has 0 amide bonds. The molecule has 1 rings (SSSR count). The molecule has 2 N–H and O–H groups in total. The highest BCUT2D eigenvalue weighted by molar-refractivity contribution is 7.91. The molecule has 2 unspecified atom stereocenters. The van der Waals surface area contributed by atoms with Crippen LogP contribution < -0.4 is 0 Å². The minimum Gasteiger partial charge on any atom is -0.481 e. The van der Waals surface area contributed by atoms with Crippen molar-refractivity contribution in [1.82, 2.24) is 0 Å². The lowest BCUT2D eigenvalue weighted by Gasteiger charge is -2.20. The maximum absolute atomic E-state index is 11.9. The lowest BCUT2D eigenvalue weighted by molar-refractivity contribution is -0.139. The third-order valence-electron chi connectivity index (χ3n) is 1.83. The highest BCUT2D eigenvalue weighted by atomic mass is 35.5. The molecule has 17 heavy (non-hydrogen) atoms. The van der Waals surface area contributed by atoms with E-state index in [4.69, 9.17) is 28.3 Å². The van der Waals surface area contributed by atoms with Gasteiger partial charge in [0.2, 0.25) is 0 Å². The van der Waals surface area contributed by atoms with Crippen LogP contribution in [0.15, 0.2) is 21.7 Å². The lowest BCUT2D eigenvalue weighted by atomic mass is 10.2. The molecule has 0 saturated heterocycles. The van der Waals surface area contributed by atoms with Gasteiger partial charge in [-0.3, -0.25) is 9.00 Å². The van der Waals surface area contributed by atoms with Gasteiger partial charge in [-0.1, -0.05) is 29.3 Å². The first-order valence-corrected chi connectivity index (χ1v) is 7.34. The Morgan fingerprint density at radius 2 is 2.24 bits per heavy atom. The van der Waals surface area contributed by atoms with Crippen molar-refractivity contribution in [2.75, 3.05) is 0 Å². The second kappa shape index (κ2) is 6.15. The summed E-state index contributed by atoms with van der Waals surface area (Å²) in [5.41, 5.74) is 0. The van der Waals surface area contributed by atoms with Crippen LogP contribution in [-0.4, -0.2) is 30.2 Å². The Labute approximate surface area is 115 Å². The van der Waals surface area contributed by atoms with Gasteiger partial charge in [0.1, 0.15) is 0 Å². The van der Waals surface area contributed by atoms with Crippen molar-refractivity contribution in [3.8, 4) is 0 Å². The molecule has 0 spiro atoms. The van der Waals surface area contributed by atoms with Crippen molar-refractivity contribution in [1.29, 1.82) is 0 Å². The van der Waals surface area contributed by atoms with Crippen LogP contribution in [-0.2, 0) is 15.6 Å². The molecule has 0 aliphatic carbocycles. The van der Waals surface area contributed by atoms with Gasteiger partial charge in [-0.05, 0) is 11.4 Å². The molecular formula is C9H10Cl2O4S2. The summed E-state index contributed by atoms with van der Waals surface area (Å²) < 4.78 is 10.7. The van der Waals surface area contributed by atoms with Gasteiger partial charge in [0, 0.05) is 6.42 Å². The van der Waals surface area contributed by atoms with Crippen LogP contribution in [0.3, 0.4) is 0 Å². The van der Waals surface area contributed by atoms with E-state index in [-0.39, 0.29) is 6.42 Å². The molecule has 96 valence electrons. The molecule has 0 radical (unpaired) electrons. The summed E-state index contributed by atoms with van der Waals surface area (Å²) in [7, 11) is -1.70. The van der Waals surface area contributed by atoms with Gasteiger partial charge >= 0.3 is 5.97 Å². The van der Waals surface area contributed by atoms with Gasteiger partial charge in [0.15, 0.2) is 3.67 Å². The quantitative estimate of drug-likeness (QED) is 0.789. The number of aliphatic hydroxyl groups excluding tert-OH is 1. The van der Waals surface area contributed by atoms with Gasteiger partial charge < -0.3 is 10.2 Å². The number of aliphatic carboxylic acids is 1. The largest absolute Gasteiger partial charge is 0.481 e. The molecule has 4 nitrogen and oxygen atoms in total. The van der Waals surface area contributed by atoms with Gasteiger partial charge in [-0.2, -0.15) is 0 Å². The molecule has 0 aliphatic rings. The van der Waals surface area contributed by atoms with E-state index in [0.29, 0.717) is 4.21 Å². The molecule has 8 heteroatoms. The zero-order chi connectivity index (χ0) is 13.1. The molecule has 0 aromatic carbocycles. The van der Waals surface area contributed by atoms with E-state index in [9.17, 15) is 14.1 Å². The Hall–Kier alpha value is -0.140.